The van der Waals surface area contributed by atoms with E-state index in [-0.39, 0.29) is 25.3 Å². The lowest BCUT2D eigenvalue weighted by molar-refractivity contribution is 0.158. The molecule has 0 aliphatic rings. The van der Waals surface area contributed by atoms with Crippen molar-refractivity contribution in [1.82, 2.24) is 4.72 Å². The van der Waals surface area contributed by atoms with Crippen molar-refractivity contribution in [1.29, 1.82) is 0 Å². The smallest absolute Gasteiger partial charge is 0.243 e. The van der Waals surface area contributed by atoms with E-state index in [1.807, 2.05) is 0 Å². The largest absolute Gasteiger partial charge is 0.398 e. The summed E-state index contributed by atoms with van der Waals surface area (Å²) >= 11 is 0. The van der Waals surface area contributed by atoms with Crippen molar-refractivity contribution in [2.24, 2.45) is 0 Å². The number of methoxy groups -OCH3 is 1. The summed E-state index contributed by atoms with van der Waals surface area (Å²) in [6.45, 7) is 1.44. The number of hydrogen-bond donors (Lipinski definition) is 3. The van der Waals surface area contributed by atoms with Gasteiger partial charge in [-0.25, -0.2) is 17.5 Å². The van der Waals surface area contributed by atoms with Crippen LogP contribution in [0.3, 0.4) is 0 Å². The number of ether oxygens (including phenoxy) is 1. The van der Waals surface area contributed by atoms with Gasteiger partial charge >= 0.3 is 0 Å². The molecule has 6 nitrogen and oxygen atoms in total. The molecule has 0 aromatic heterocycles. The predicted molar refractivity (Wildman–Crippen MR) is 73.2 cm³/mol. The topological polar surface area (TPSA) is 102 Å². The van der Waals surface area contributed by atoms with Crippen LogP contribution in [-0.2, 0) is 14.8 Å². The minimum atomic E-state index is -4.07. The zero-order valence-corrected chi connectivity index (χ0v) is 12.2. The summed E-state index contributed by atoms with van der Waals surface area (Å²) in [5.41, 5.74) is 6.27. The van der Waals surface area contributed by atoms with Crippen molar-refractivity contribution in [2.45, 2.75) is 24.3 Å². The van der Waals surface area contributed by atoms with Crippen LogP contribution in [0.4, 0.5) is 10.1 Å². The molecule has 0 radical (unpaired) electrons. The minimum Gasteiger partial charge on any atom is -0.398 e. The number of aryl methyl sites for hydroxylation is 1. The Bertz CT molecular complexity index is 557. The number of benzene rings is 1. The highest BCUT2D eigenvalue weighted by atomic mass is 32.2. The number of rotatable bonds is 7. The average molecular weight is 306 g/mol. The molecule has 0 heterocycles. The van der Waals surface area contributed by atoms with Crippen LogP contribution in [0.2, 0.25) is 0 Å². The van der Waals surface area contributed by atoms with Crippen LogP contribution in [-0.4, -0.2) is 39.9 Å². The van der Waals surface area contributed by atoms with Crippen molar-refractivity contribution in [2.75, 3.05) is 26.1 Å². The van der Waals surface area contributed by atoms with Gasteiger partial charge in [-0.1, -0.05) is 0 Å². The van der Waals surface area contributed by atoms with E-state index < -0.39 is 26.8 Å². The molecule has 1 unspecified atom stereocenters. The Kier molecular flexibility index (Phi) is 5.88. The SMILES string of the molecule is COCC(CCO)NS(=O)(=O)c1cc(N)c(C)cc1F. The van der Waals surface area contributed by atoms with E-state index in [1.165, 1.54) is 7.11 Å². The zero-order valence-electron chi connectivity index (χ0n) is 11.4. The molecule has 0 aliphatic carbocycles. The molecular formula is C12H19FN2O4S. The molecule has 8 heteroatoms. The first-order valence-electron chi connectivity index (χ1n) is 5.99. The number of nitrogens with one attached hydrogen (secondary N) is 1. The van der Waals surface area contributed by atoms with Crippen LogP contribution < -0.4 is 10.5 Å². The van der Waals surface area contributed by atoms with Gasteiger partial charge in [0.2, 0.25) is 10.0 Å². The first-order chi connectivity index (χ1) is 9.31. The summed E-state index contributed by atoms with van der Waals surface area (Å²) in [4.78, 5) is -0.514. The zero-order chi connectivity index (χ0) is 15.3. The van der Waals surface area contributed by atoms with Gasteiger partial charge in [0, 0.05) is 25.4 Å². The quantitative estimate of drug-likeness (QED) is 0.633. The molecule has 0 amide bonds. The van der Waals surface area contributed by atoms with Gasteiger partial charge in [-0.2, -0.15) is 0 Å². The highest BCUT2D eigenvalue weighted by Gasteiger charge is 2.24. The average Bonchev–Trinajstić information content (AvgIpc) is 2.33. The Hall–Kier alpha value is -1.22. The summed E-state index contributed by atoms with van der Waals surface area (Å²) < 4.78 is 45.2. The summed E-state index contributed by atoms with van der Waals surface area (Å²) in [6.07, 6.45) is 0.163. The van der Waals surface area contributed by atoms with Crippen molar-refractivity contribution in [3.63, 3.8) is 0 Å². The fourth-order valence-corrected chi connectivity index (χ4v) is 3.04. The third-order valence-electron chi connectivity index (χ3n) is 2.78. The van der Waals surface area contributed by atoms with E-state index in [2.05, 4.69) is 4.72 Å². The molecule has 1 aromatic carbocycles. The second-order valence-corrected chi connectivity index (χ2v) is 6.11. The number of sulfonamides is 1. The van der Waals surface area contributed by atoms with E-state index in [0.717, 1.165) is 12.1 Å². The Morgan fingerprint density at radius 3 is 2.70 bits per heavy atom. The number of nitrogens with two attached hydrogens (primary N) is 1. The maximum absolute atomic E-state index is 13.8. The van der Waals surface area contributed by atoms with E-state index in [4.69, 9.17) is 15.6 Å². The standard InChI is InChI=1S/C12H19FN2O4S/c1-8-5-10(13)12(6-11(8)14)20(17,18)15-9(3-4-16)7-19-2/h5-6,9,15-16H,3-4,7,14H2,1-2H3. The second kappa shape index (κ2) is 6.98. The van der Waals surface area contributed by atoms with Gasteiger partial charge in [0.15, 0.2) is 0 Å². The van der Waals surface area contributed by atoms with Gasteiger partial charge in [-0.3, -0.25) is 0 Å². The number of halogens is 1. The highest BCUT2D eigenvalue weighted by molar-refractivity contribution is 7.89. The summed E-state index contributed by atoms with van der Waals surface area (Å²) in [5, 5.41) is 8.88. The summed E-state index contributed by atoms with van der Waals surface area (Å²) in [5.74, 6) is -0.871. The first kappa shape index (κ1) is 16.8. The van der Waals surface area contributed by atoms with E-state index in [0.29, 0.717) is 5.56 Å². The molecule has 20 heavy (non-hydrogen) atoms. The molecule has 1 aromatic rings. The summed E-state index contributed by atoms with van der Waals surface area (Å²) in [6, 6.07) is 1.51. The molecule has 0 bridgehead atoms. The molecule has 0 aliphatic heterocycles. The van der Waals surface area contributed by atoms with Gasteiger partial charge in [0.05, 0.1) is 6.61 Å². The monoisotopic (exact) mass is 306 g/mol. The number of hydrogen-bond acceptors (Lipinski definition) is 5. The summed E-state index contributed by atoms with van der Waals surface area (Å²) in [7, 11) is -2.66. The minimum absolute atomic E-state index is 0.0722. The van der Waals surface area contributed by atoms with Gasteiger partial charge in [0.1, 0.15) is 10.7 Å². The molecule has 1 atom stereocenters. The normalized spacial score (nSPS) is 13.4. The predicted octanol–water partition coefficient (Wildman–Crippen LogP) is 0.392. The lowest BCUT2D eigenvalue weighted by Crippen LogP contribution is -2.39. The van der Waals surface area contributed by atoms with Crippen LogP contribution in [0.25, 0.3) is 0 Å². The number of aliphatic hydroxyl groups is 1. The second-order valence-electron chi connectivity index (χ2n) is 4.43. The van der Waals surface area contributed by atoms with Crippen molar-refractivity contribution in [3.05, 3.63) is 23.5 Å². The Balaban J connectivity index is 3.07. The van der Waals surface area contributed by atoms with Crippen molar-refractivity contribution in [3.8, 4) is 0 Å². The molecule has 0 fully saturated rings. The lowest BCUT2D eigenvalue weighted by Gasteiger charge is -2.17. The molecule has 4 N–H and O–H groups in total. The van der Waals surface area contributed by atoms with E-state index in [9.17, 15) is 12.8 Å². The molecule has 0 spiro atoms. The molecule has 0 saturated heterocycles. The number of nitrogen functional groups attached to an aromatic ring is 1. The van der Waals surface area contributed by atoms with Gasteiger partial charge in [-0.15, -0.1) is 0 Å². The molecular weight excluding hydrogens is 287 g/mol. The molecule has 0 saturated carbocycles. The molecule has 114 valence electrons. The Morgan fingerprint density at radius 1 is 1.50 bits per heavy atom. The van der Waals surface area contributed by atoms with Crippen LogP contribution in [0.1, 0.15) is 12.0 Å². The van der Waals surface area contributed by atoms with Crippen molar-refractivity contribution < 1.29 is 22.7 Å². The first-order valence-corrected chi connectivity index (χ1v) is 7.48. The Morgan fingerprint density at radius 2 is 2.15 bits per heavy atom. The van der Waals surface area contributed by atoms with Crippen molar-refractivity contribution >= 4 is 15.7 Å². The third kappa shape index (κ3) is 4.14. The van der Waals surface area contributed by atoms with E-state index >= 15 is 0 Å². The van der Waals surface area contributed by atoms with Crippen LogP contribution >= 0.6 is 0 Å². The van der Waals surface area contributed by atoms with Crippen LogP contribution in [0, 0.1) is 12.7 Å². The highest BCUT2D eigenvalue weighted by Crippen LogP contribution is 2.21. The maximum atomic E-state index is 13.8. The van der Waals surface area contributed by atoms with Gasteiger partial charge in [-0.05, 0) is 31.0 Å². The number of anilines is 1. The lowest BCUT2D eigenvalue weighted by atomic mass is 10.2. The van der Waals surface area contributed by atoms with Gasteiger partial charge in [0.25, 0.3) is 0 Å². The fourth-order valence-electron chi connectivity index (χ4n) is 1.69. The van der Waals surface area contributed by atoms with E-state index in [1.54, 1.807) is 6.92 Å². The van der Waals surface area contributed by atoms with Crippen LogP contribution in [0.5, 0.6) is 0 Å². The van der Waals surface area contributed by atoms with Gasteiger partial charge < -0.3 is 15.6 Å². The fraction of sp³-hybridized carbons (Fsp3) is 0.500. The van der Waals surface area contributed by atoms with Crippen LogP contribution in [0.15, 0.2) is 17.0 Å². The maximum Gasteiger partial charge on any atom is 0.243 e. The number of aliphatic hydroxyl groups excluding tert-OH is 1. The molecule has 1 rings (SSSR count). The Labute approximate surface area is 117 Å². The third-order valence-corrected chi connectivity index (χ3v) is 4.31.